The van der Waals surface area contributed by atoms with E-state index in [1.165, 1.54) is 25.7 Å². The lowest BCUT2D eigenvalue weighted by atomic mass is 10.1. The maximum atomic E-state index is 5.81. The Bertz CT molecular complexity index is 820. The molecule has 5 nitrogen and oxygen atoms in total. The molecule has 2 aliphatic rings. The summed E-state index contributed by atoms with van der Waals surface area (Å²) >= 11 is 0. The Kier molecular flexibility index (Phi) is 4.94. The molecule has 26 heavy (non-hydrogen) atoms. The third kappa shape index (κ3) is 4.08. The minimum absolute atomic E-state index is 0.256. The highest BCUT2D eigenvalue weighted by Gasteiger charge is 2.18. The van der Waals surface area contributed by atoms with Crippen LogP contribution in [0.5, 0.6) is 0 Å². The summed E-state index contributed by atoms with van der Waals surface area (Å²) < 4.78 is 7.72. The molecule has 1 aliphatic heterocycles. The molecule has 0 N–H and O–H groups in total. The smallest absolute Gasteiger partial charge is 0.115 e. The number of aromatic nitrogens is 3. The predicted octanol–water partition coefficient (Wildman–Crippen LogP) is 3.34. The average Bonchev–Trinajstić information content (AvgIpc) is 3.38. The first kappa shape index (κ1) is 17.1. The minimum atomic E-state index is 0.256. The lowest BCUT2D eigenvalue weighted by molar-refractivity contribution is 0.00370. The molecule has 5 heteroatoms. The Labute approximate surface area is 155 Å². The van der Waals surface area contributed by atoms with Gasteiger partial charge in [-0.2, -0.15) is 0 Å². The van der Waals surface area contributed by atoms with Crippen LogP contribution in [-0.2, 0) is 11.3 Å². The van der Waals surface area contributed by atoms with Crippen molar-refractivity contribution in [2.75, 3.05) is 25.6 Å². The standard InChI is InChI=1S/C21H26N4O/c1-24(2)21-13-17(9-8-16-6-7-16)10-11-19(21)20-15-25(23-22-20)14-18-5-3-4-12-26-18/h10-11,13,15-16,18H,3-7,12,14H2,1-2H3/t18-/m1/s1. The van der Waals surface area contributed by atoms with Crippen molar-refractivity contribution in [2.45, 2.75) is 44.8 Å². The molecule has 1 atom stereocenters. The lowest BCUT2D eigenvalue weighted by Crippen LogP contribution is -2.24. The van der Waals surface area contributed by atoms with Crippen LogP contribution in [0.25, 0.3) is 11.3 Å². The van der Waals surface area contributed by atoms with E-state index in [4.69, 9.17) is 4.74 Å². The quantitative estimate of drug-likeness (QED) is 0.793. The zero-order valence-corrected chi connectivity index (χ0v) is 15.6. The summed E-state index contributed by atoms with van der Waals surface area (Å²) in [7, 11) is 4.11. The van der Waals surface area contributed by atoms with Crippen LogP contribution in [0.1, 0.15) is 37.7 Å². The van der Waals surface area contributed by atoms with Crippen molar-refractivity contribution in [3.8, 4) is 23.1 Å². The van der Waals surface area contributed by atoms with Gasteiger partial charge in [0.25, 0.3) is 0 Å². The fraction of sp³-hybridized carbons (Fsp3) is 0.524. The van der Waals surface area contributed by atoms with Gasteiger partial charge >= 0.3 is 0 Å². The molecule has 1 saturated heterocycles. The summed E-state index contributed by atoms with van der Waals surface area (Å²) in [6, 6.07) is 6.34. The van der Waals surface area contributed by atoms with Gasteiger partial charge in [-0.15, -0.1) is 5.10 Å². The molecule has 0 unspecified atom stereocenters. The van der Waals surface area contributed by atoms with Gasteiger partial charge in [-0.05, 0) is 50.3 Å². The Morgan fingerprint density at radius 3 is 2.85 bits per heavy atom. The van der Waals surface area contributed by atoms with Gasteiger partial charge in [-0.25, -0.2) is 4.68 Å². The van der Waals surface area contributed by atoms with E-state index in [1.54, 1.807) is 0 Å². The van der Waals surface area contributed by atoms with Crippen molar-refractivity contribution in [3.05, 3.63) is 30.0 Å². The highest BCUT2D eigenvalue weighted by atomic mass is 16.5. The van der Waals surface area contributed by atoms with Gasteiger partial charge in [0.15, 0.2) is 0 Å². The highest BCUT2D eigenvalue weighted by Crippen LogP contribution is 2.30. The highest BCUT2D eigenvalue weighted by molar-refractivity contribution is 5.77. The van der Waals surface area contributed by atoms with Crippen LogP contribution in [0.2, 0.25) is 0 Å². The summed E-state index contributed by atoms with van der Waals surface area (Å²) in [4.78, 5) is 2.11. The number of rotatable bonds is 4. The monoisotopic (exact) mass is 350 g/mol. The summed E-state index contributed by atoms with van der Waals surface area (Å²) in [5.41, 5.74) is 4.16. The molecule has 0 radical (unpaired) electrons. The molecule has 1 aliphatic carbocycles. The molecular weight excluding hydrogens is 324 g/mol. The molecular formula is C21H26N4O. The Morgan fingerprint density at radius 2 is 2.12 bits per heavy atom. The second kappa shape index (κ2) is 7.51. The van der Waals surface area contributed by atoms with E-state index >= 15 is 0 Å². The van der Waals surface area contributed by atoms with E-state index in [1.807, 2.05) is 10.9 Å². The zero-order valence-electron chi connectivity index (χ0n) is 15.6. The van der Waals surface area contributed by atoms with Gasteiger partial charge in [-0.3, -0.25) is 0 Å². The number of hydrogen-bond donors (Lipinski definition) is 0. The molecule has 1 aromatic carbocycles. The van der Waals surface area contributed by atoms with Crippen LogP contribution in [0.4, 0.5) is 5.69 Å². The van der Waals surface area contributed by atoms with Crippen LogP contribution in [0.3, 0.4) is 0 Å². The van der Waals surface area contributed by atoms with E-state index < -0.39 is 0 Å². The van der Waals surface area contributed by atoms with E-state index in [-0.39, 0.29) is 6.10 Å². The van der Waals surface area contributed by atoms with Crippen LogP contribution in [-0.4, -0.2) is 41.8 Å². The second-order valence-corrected chi connectivity index (χ2v) is 7.48. The fourth-order valence-electron chi connectivity index (χ4n) is 3.28. The third-order valence-electron chi connectivity index (χ3n) is 4.96. The van der Waals surface area contributed by atoms with Crippen molar-refractivity contribution in [3.63, 3.8) is 0 Å². The summed E-state index contributed by atoms with van der Waals surface area (Å²) in [5.74, 6) is 7.25. The first-order valence-electron chi connectivity index (χ1n) is 9.54. The topological polar surface area (TPSA) is 43.2 Å². The van der Waals surface area contributed by atoms with E-state index in [9.17, 15) is 0 Å². The summed E-state index contributed by atoms with van der Waals surface area (Å²) in [5, 5.41) is 8.72. The molecule has 0 spiro atoms. The lowest BCUT2D eigenvalue weighted by Gasteiger charge is -2.21. The van der Waals surface area contributed by atoms with Gasteiger partial charge in [0, 0.05) is 43.4 Å². The Hall–Kier alpha value is -2.32. The molecule has 1 saturated carbocycles. The van der Waals surface area contributed by atoms with Crippen LogP contribution < -0.4 is 4.90 Å². The number of benzene rings is 1. The van der Waals surface area contributed by atoms with Gasteiger partial charge in [0.1, 0.15) is 5.69 Å². The SMILES string of the molecule is CN(C)c1cc(C#CC2CC2)ccc1-c1cn(C[C@H]2CCCCO2)nn1. The normalized spacial score (nSPS) is 19.7. The van der Waals surface area contributed by atoms with E-state index in [0.29, 0.717) is 5.92 Å². The van der Waals surface area contributed by atoms with Crippen molar-refractivity contribution in [1.82, 2.24) is 15.0 Å². The molecule has 0 amide bonds. The summed E-state index contributed by atoms with van der Waals surface area (Å²) in [6.45, 7) is 1.63. The molecule has 136 valence electrons. The number of nitrogens with zero attached hydrogens (tertiary/aromatic N) is 4. The largest absolute Gasteiger partial charge is 0.377 e. The molecule has 2 fully saturated rings. The Balaban J connectivity index is 1.55. The Morgan fingerprint density at radius 1 is 1.23 bits per heavy atom. The molecule has 2 aromatic rings. The van der Waals surface area contributed by atoms with Gasteiger partial charge < -0.3 is 9.64 Å². The van der Waals surface area contributed by atoms with Crippen LogP contribution in [0, 0.1) is 17.8 Å². The van der Waals surface area contributed by atoms with E-state index in [0.717, 1.165) is 42.1 Å². The number of anilines is 1. The van der Waals surface area contributed by atoms with Crippen LogP contribution >= 0.6 is 0 Å². The van der Waals surface area contributed by atoms with Gasteiger partial charge in [0.05, 0.1) is 18.8 Å². The molecule has 1 aromatic heterocycles. The summed E-state index contributed by atoms with van der Waals surface area (Å²) in [6.07, 6.45) is 8.29. The van der Waals surface area contributed by atoms with Crippen LogP contribution in [0.15, 0.2) is 24.4 Å². The van der Waals surface area contributed by atoms with Crippen molar-refractivity contribution in [1.29, 1.82) is 0 Å². The minimum Gasteiger partial charge on any atom is -0.377 e. The average molecular weight is 350 g/mol. The van der Waals surface area contributed by atoms with E-state index in [2.05, 4.69) is 59.3 Å². The maximum absolute atomic E-state index is 5.81. The van der Waals surface area contributed by atoms with Crippen molar-refractivity contribution < 1.29 is 4.74 Å². The zero-order chi connectivity index (χ0) is 17.9. The second-order valence-electron chi connectivity index (χ2n) is 7.48. The predicted molar refractivity (Wildman–Crippen MR) is 103 cm³/mol. The molecule has 0 bridgehead atoms. The van der Waals surface area contributed by atoms with Crippen molar-refractivity contribution in [2.24, 2.45) is 5.92 Å². The van der Waals surface area contributed by atoms with Crippen molar-refractivity contribution >= 4 is 5.69 Å². The van der Waals surface area contributed by atoms with Gasteiger partial charge in [0.2, 0.25) is 0 Å². The first-order chi connectivity index (χ1) is 12.7. The maximum Gasteiger partial charge on any atom is 0.115 e. The number of ether oxygens (including phenoxy) is 1. The third-order valence-corrected chi connectivity index (χ3v) is 4.96. The fourth-order valence-corrected chi connectivity index (χ4v) is 3.28. The molecule has 4 rings (SSSR count). The van der Waals surface area contributed by atoms with Gasteiger partial charge in [-0.1, -0.05) is 17.1 Å². The molecule has 2 heterocycles. The number of hydrogen-bond acceptors (Lipinski definition) is 4. The first-order valence-corrected chi connectivity index (χ1v) is 9.54.